The number of hydrogen-bond donors (Lipinski definition) is 0. The summed E-state index contributed by atoms with van der Waals surface area (Å²) >= 11 is 0. The number of hydrogen-bond acceptors (Lipinski definition) is 2. The van der Waals surface area contributed by atoms with Crippen LogP contribution < -0.4 is 0 Å². The van der Waals surface area contributed by atoms with Crippen molar-refractivity contribution in [3.63, 3.8) is 0 Å². The van der Waals surface area contributed by atoms with Crippen molar-refractivity contribution in [1.82, 2.24) is 4.98 Å². The molecule has 0 N–H and O–H groups in total. The van der Waals surface area contributed by atoms with E-state index in [0.29, 0.717) is 5.92 Å². The van der Waals surface area contributed by atoms with Crippen LogP contribution in [0.1, 0.15) is 42.7 Å². The van der Waals surface area contributed by atoms with Crippen molar-refractivity contribution in [2.24, 2.45) is 0 Å². The summed E-state index contributed by atoms with van der Waals surface area (Å²) in [6.07, 6.45) is 7.24. The minimum absolute atomic E-state index is 0.677. The molecule has 1 fully saturated rings. The first-order valence-electron chi connectivity index (χ1n) is 10.6. The van der Waals surface area contributed by atoms with Crippen LogP contribution in [0.4, 0.5) is 0 Å². The molecule has 2 heteroatoms. The Labute approximate surface area is 170 Å². The topological polar surface area (TPSA) is 26.0 Å². The molecule has 3 aromatic carbocycles. The fourth-order valence-electron chi connectivity index (χ4n) is 5.12. The van der Waals surface area contributed by atoms with Gasteiger partial charge in [0.15, 0.2) is 0 Å². The van der Waals surface area contributed by atoms with E-state index < -0.39 is 0 Å². The van der Waals surface area contributed by atoms with Gasteiger partial charge in [0, 0.05) is 22.5 Å². The molecule has 0 atom stereocenters. The summed E-state index contributed by atoms with van der Waals surface area (Å²) in [5.41, 5.74) is 6.68. The Bertz CT molecular complexity index is 1370. The van der Waals surface area contributed by atoms with Gasteiger partial charge in [0.05, 0.1) is 5.69 Å². The molecule has 1 aliphatic carbocycles. The summed E-state index contributed by atoms with van der Waals surface area (Å²) in [4.78, 5) is 4.76. The standard InChI is InChI=1S/C27H23NO/c1-17-10-12-22-26-21-9-5-4-8-19(21)11-13-24(26)29-27(22)25(17)23-16-20(14-15-28-23)18-6-2-3-7-18/h4-5,8-16,18H,2-3,6-7H2,1H3. The second-order valence-corrected chi connectivity index (χ2v) is 8.35. The number of furan rings is 1. The molecule has 0 amide bonds. The molecule has 0 bridgehead atoms. The van der Waals surface area contributed by atoms with E-state index >= 15 is 0 Å². The van der Waals surface area contributed by atoms with Crippen LogP contribution in [0.2, 0.25) is 0 Å². The van der Waals surface area contributed by atoms with E-state index in [9.17, 15) is 0 Å². The Morgan fingerprint density at radius 2 is 1.76 bits per heavy atom. The summed E-state index contributed by atoms with van der Waals surface area (Å²) in [5, 5.41) is 4.86. The van der Waals surface area contributed by atoms with E-state index in [-0.39, 0.29) is 0 Å². The first-order valence-corrected chi connectivity index (χ1v) is 10.6. The Morgan fingerprint density at radius 1 is 0.897 bits per heavy atom. The zero-order valence-electron chi connectivity index (χ0n) is 16.6. The molecule has 2 heterocycles. The second-order valence-electron chi connectivity index (χ2n) is 8.35. The molecular weight excluding hydrogens is 354 g/mol. The molecular formula is C27H23NO. The molecule has 29 heavy (non-hydrogen) atoms. The van der Waals surface area contributed by atoms with Gasteiger partial charge in [-0.05, 0) is 65.8 Å². The molecule has 142 valence electrons. The van der Waals surface area contributed by atoms with Crippen LogP contribution in [0.5, 0.6) is 0 Å². The van der Waals surface area contributed by atoms with Crippen molar-refractivity contribution in [3.8, 4) is 11.3 Å². The lowest BCUT2D eigenvalue weighted by atomic mass is 9.94. The first-order chi connectivity index (χ1) is 14.3. The highest BCUT2D eigenvalue weighted by Crippen LogP contribution is 2.41. The smallest absolute Gasteiger partial charge is 0.145 e. The van der Waals surface area contributed by atoms with Crippen molar-refractivity contribution >= 4 is 32.7 Å². The predicted octanol–water partition coefficient (Wildman–Crippen LogP) is 7.77. The minimum Gasteiger partial charge on any atom is -0.455 e. The van der Waals surface area contributed by atoms with Crippen LogP contribution >= 0.6 is 0 Å². The molecule has 1 saturated carbocycles. The molecule has 0 unspecified atom stereocenters. The van der Waals surface area contributed by atoms with Crippen LogP contribution in [0.15, 0.2) is 71.3 Å². The maximum atomic E-state index is 6.45. The van der Waals surface area contributed by atoms with Gasteiger partial charge in [-0.1, -0.05) is 55.3 Å². The molecule has 2 aromatic heterocycles. The van der Waals surface area contributed by atoms with Gasteiger partial charge in [0.25, 0.3) is 0 Å². The van der Waals surface area contributed by atoms with E-state index in [4.69, 9.17) is 9.40 Å². The number of fused-ring (bicyclic) bond motifs is 5. The van der Waals surface area contributed by atoms with E-state index in [1.165, 1.54) is 58.4 Å². The molecule has 2 nitrogen and oxygen atoms in total. The number of aryl methyl sites for hydroxylation is 1. The van der Waals surface area contributed by atoms with E-state index in [1.807, 2.05) is 6.20 Å². The fraction of sp³-hybridized carbons (Fsp3) is 0.222. The van der Waals surface area contributed by atoms with Crippen molar-refractivity contribution in [3.05, 3.63) is 78.0 Å². The van der Waals surface area contributed by atoms with Crippen molar-refractivity contribution in [2.45, 2.75) is 38.5 Å². The third-order valence-corrected chi connectivity index (χ3v) is 6.60. The lowest BCUT2D eigenvalue weighted by Crippen LogP contribution is -1.95. The van der Waals surface area contributed by atoms with Gasteiger partial charge in [0.1, 0.15) is 11.2 Å². The fourth-order valence-corrected chi connectivity index (χ4v) is 5.12. The monoisotopic (exact) mass is 377 g/mol. The van der Waals surface area contributed by atoms with Crippen molar-refractivity contribution in [1.29, 1.82) is 0 Å². The van der Waals surface area contributed by atoms with Gasteiger partial charge >= 0.3 is 0 Å². The Kier molecular flexibility index (Phi) is 3.73. The average molecular weight is 377 g/mol. The number of rotatable bonds is 2. The van der Waals surface area contributed by atoms with Gasteiger partial charge < -0.3 is 4.42 Å². The van der Waals surface area contributed by atoms with Crippen LogP contribution in [-0.2, 0) is 0 Å². The molecule has 0 radical (unpaired) electrons. The zero-order chi connectivity index (χ0) is 19.4. The van der Waals surface area contributed by atoms with E-state index in [1.54, 1.807) is 0 Å². The Hall–Kier alpha value is -3.13. The number of nitrogens with zero attached hydrogens (tertiary/aromatic N) is 1. The van der Waals surface area contributed by atoms with Gasteiger partial charge in [0.2, 0.25) is 0 Å². The lowest BCUT2D eigenvalue weighted by molar-refractivity contribution is 0.669. The van der Waals surface area contributed by atoms with Crippen LogP contribution in [0.25, 0.3) is 44.0 Å². The van der Waals surface area contributed by atoms with Crippen molar-refractivity contribution < 1.29 is 4.42 Å². The number of pyridine rings is 1. The highest BCUT2D eigenvalue weighted by molar-refractivity contribution is 6.20. The molecule has 6 rings (SSSR count). The summed E-state index contributed by atoms with van der Waals surface area (Å²) in [6.45, 7) is 2.16. The summed E-state index contributed by atoms with van der Waals surface area (Å²) in [6, 6.07) is 21.7. The quantitative estimate of drug-likeness (QED) is 0.314. The lowest BCUT2D eigenvalue weighted by Gasteiger charge is -2.12. The first kappa shape index (κ1) is 16.8. The third-order valence-electron chi connectivity index (χ3n) is 6.60. The van der Waals surface area contributed by atoms with Crippen LogP contribution in [0, 0.1) is 6.92 Å². The maximum absolute atomic E-state index is 6.45. The SMILES string of the molecule is Cc1ccc2c(oc3ccc4ccccc4c32)c1-c1cc(C2CCCC2)ccn1. The van der Waals surface area contributed by atoms with E-state index in [2.05, 4.69) is 67.6 Å². The average Bonchev–Trinajstić information content (AvgIpc) is 3.42. The summed E-state index contributed by atoms with van der Waals surface area (Å²) < 4.78 is 6.45. The molecule has 5 aromatic rings. The highest BCUT2D eigenvalue weighted by Gasteiger charge is 2.20. The summed E-state index contributed by atoms with van der Waals surface area (Å²) in [7, 11) is 0. The Morgan fingerprint density at radius 3 is 2.66 bits per heavy atom. The normalized spacial score (nSPS) is 15.1. The molecule has 0 spiro atoms. The molecule has 0 aliphatic heterocycles. The van der Waals surface area contributed by atoms with Crippen molar-refractivity contribution in [2.75, 3.05) is 0 Å². The maximum Gasteiger partial charge on any atom is 0.145 e. The summed E-state index contributed by atoms with van der Waals surface area (Å²) in [5.74, 6) is 0.677. The highest BCUT2D eigenvalue weighted by atomic mass is 16.3. The van der Waals surface area contributed by atoms with Gasteiger partial charge in [-0.25, -0.2) is 0 Å². The number of benzene rings is 3. The molecule has 1 aliphatic rings. The second kappa shape index (κ2) is 6.45. The molecule has 0 saturated heterocycles. The van der Waals surface area contributed by atoms with E-state index in [0.717, 1.165) is 22.4 Å². The largest absolute Gasteiger partial charge is 0.455 e. The number of aromatic nitrogens is 1. The Balaban J connectivity index is 1.64. The zero-order valence-corrected chi connectivity index (χ0v) is 16.6. The third kappa shape index (κ3) is 2.59. The van der Waals surface area contributed by atoms with Gasteiger partial charge in [-0.3, -0.25) is 4.98 Å². The minimum atomic E-state index is 0.677. The van der Waals surface area contributed by atoms with Crippen LogP contribution in [0.3, 0.4) is 0 Å². The predicted molar refractivity (Wildman–Crippen MR) is 120 cm³/mol. The van der Waals surface area contributed by atoms with Crippen LogP contribution in [-0.4, -0.2) is 4.98 Å². The van der Waals surface area contributed by atoms with Gasteiger partial charge in [-0.15, -0.1) is 0 Å². The van der Waals surface area contributed by atoms with Gasteiger partial charge in [-0.2, -0.15) is 0 Å².